The van der Waals surface area contributed by atoms with E-state index in [9.17, 15) is 0 Å². The van der Waals surface area contributed by atoms with Gasteiger partial charge in [0.25, 0.3) is 0 Å². The molecular weight excluding hydrogens is 155 g/mol. The Morgan fingerprint density at radius 3 is 2.20 bits per heavy atom. The van der Waals surface area contributed by atoms with Gasteiger partial charge in [0.2, 0.25) is 0 Å². The molecule has 0 aromatic heterocycles. The molecule has 0 radical (unpaired) electrons. The van der Waals surface area contributed by atoms with Gasteiger partial charge in [-0.15, -0.1) is 8.58 Å². The molecule has 0 aliphatic carbocycles. The average molecular weight is 176 g/mol. The van der Waals surface area contributed by atoms with Crippen molar-refractivity contribution in [1.29, 1.82) is 0 Å². The zero-order valence-corrected chi connectivity index (χ0v) is 9.83. The molecule has 0 aliphatic heterocycles. The summed E-state index contributed by atoms with van der Waals surface area (Å²) in [7, 11) is 0.557. The van der Waals surface area contributed by atoms with Crippen LogP contribution in [0.15, 0.2) is 0 Å². The van der Waals surface area contributed by atoms with Crippen molar-refractivity contribution in [2.45, 2.75) is 39.4 Å². The lowest BCUT2D eigenvalue weighted by Gasteiger charge is -2.14. The molecule has 0 saturated carbocycles. The van der Waals surface area contributed by atoms with Gasteiger partial charge < -0.3 is 0 Å². The maximum absolute atomic E-state index is 2.46. The first kappa shape index (κ1) is 10.6. The molecule has 0 aliphatic rings. The van der Waals surface area contributed by atoms with Crippen LogP contribution in [0, 0.1) is 0 Å². The van der Waals surface area contributed by atoms with Crippen LogP contribution in [0.3, 0.4) is 0 Å². The fourth-order valence-electron chi connectivity index (χ4n) is 0.765. The Labute approximate surface area is 68.6 Å². The van der Waals surface area contributed by atoms with E-state index in [-0.39, 0.29) is 0 Å². The Bertz CT molecular complexity index is 75.8. The first-order valence-corrected chi connectivity index (χ1v) is 9.39. The van der Waals surface area contributed by atoms with Gasteiger partial charge >= 0.3 is 0 Å². The van der Waals surface area contributed by atoms with E-state index in [1.807, 2.05) is 0 Å². The molecule has 0 amide bonds. The fourth-order valence-corrected chi connectivity index (χ4v) is 5.08. The van der Waals surface area contributed by atoms with Crippen molar-refractivity contribution in [3.63, 3.8) is 0 Å². The highest BCUT2D eigenvalue weighted by atomic mass is 31.1. The van der Waals surface area contributed by atoms with Gasteiger partial charge in [-0.25, -0.2) is 0 Å². The minimum Gasteiger partial charge on any atom is -0.125 e. The monoisotopic (exact) mass is 176 g/mol. The number of hydrogen-bond acceptors (Lipinski definition) is 0. The van der Waals surface area contributed by atoms with E-state index in [1.54, 1.807) is 5.79 Å². The van der Waals surface area contributed by atoms with Crippen molar-refractivity contribution in [2.24, 2.45) is 0 Å². The molecule has 62 valence electrons. The van der Waals surface area contributed by atoms with E-state index in [0.717, 1.165) is 0 Å². The van der Waals surface area contributed by atoms with Gasteiger partial charge in [-0.3, -0.25) is 0 Å². The van der Waals surface area contributed by atoms with Crippen LogP contribution in [-0.4, -0.2) is 20.0 Å². The molecule has 0 aromatic rings. The molecule has 1 atom stereocenters. The van der Waals surface area contributed by atoms with Crippen LogP contribution in [0.25, 0.3) is 0 Å². The van der Waals surface area contributed by atoms with Crippen LogP contribution >= 0.6 is 8.58 Å². The molecule has 10 heavy (non-hydrogen) atoms. The van der Waals surface area contributed by atoms with E-state index < -0.39 is 8.07 Å². The minimum absolute atomic E-state index is 0.695. The molecule has 0 saturated heterocycles. The molecule has 0 heterocycles. The van der Waals surface area contributed by atoms with E-state index in [4.69, 9.17) is 0 Å². The summed E-state index contributed by atoms with van der Waals surface area (Å²) in [6.45, 7) is 9.67. The highest BCUT2D eigenvalue weighted by molar-refractivity contribution is 7.42. The van der Waals surface area contributed by atoms with E-state index >= 15 is 0 Å². The standard InChI is InChI=1S/C8H21PSi/c1-5-6-7-9-8-10(2,3)4/h9H,5-8H2,1-4H3. The van der Waals surface area contributed by atoms with Crippen LogP contribution in [0.5, 0.6) is 0 Å². The molecule has 0 rings (SSSR count). The van der Waals surface area contributed by atoms with Crippen molar-refractivity contribution in [3.8, 4) is 0 Å². The maximum Gasteiger partial charge on any atom is 0.0482 e. The second-order valence-corrected chi connectivity index (χ2v) is 11.6. The Morgan fingerprint density at radius 1 is 1.20 bits per heavy atom. The van der Waals surface area contributed by atoms with E-state index in [1.165, 1.54) is 27.6 Å². The zero-order valence-electron chi connectivity index (χ0n) is 7.83. The maximum atomic E-state index is 2.46. The smallest absolute Gasteiger partial charge is 0.0482 e. The fraction of sp³-hybridized carbons (Fsp3) is 1.00. The molecule has 0 aromatic carbocycles. The summed E-state index contributed by atoms with van der Waals surface area (Å²) >= 11 is 0. The highest BCUT2D eigenvalue weighted by Gasteiger charge is 2.10. The van der Waals surface area contributed by atoms with Crippen molar-refractivity contribution >= 4 is 16.7 Å². The Balaban J connectivity index is 3.04. The first-order chi connectivity index (χ1) is 4.56. The molecule has 0 spiro atoms. The van der Waals surface area contributed by atoms with E-state index in [2.05, 4.69) is 26.6 Å². The topological polar surface area (TPSA) is 0 Å². The summed E-state index contributed by atoms with van der Waals surface area (Å²) in [6.07, 6.45) is 4.31. The molecule has 0 N–H and O–H groups in total. The number of hydrogen-bond donors (Lipinski definition) is 0. The Morgan fingerprint density at radius 2 is 1.80 bits per heavy atom. The summed E-state index contributed by atoms with van der Waals surface area (Å²) in [6, 6.07) is 0. The van der Waals surface area contributed by atoms with Crippen molar-refractivity contribution in [1.82, 2.24) is 0 Å². The van der Waals surface area contributed by atoms with Gasteiger partial charge in [0.1, 0.15) is 0 Å². The molecule has 1 unspecified atom stereocenters. The lowest BCUT2D eigenvalue weighted by molar-refractivity contribution is 0.894. The summed E-state index contributed by atoms with van der Waals surface area (Å²) < 4.78 is 0. The van der Waals surface area contributed by atoms with Gasteiger partial charge in [0.15, 0.2) is 0 Å². The van der Waals surface area contributed by atoms with E-state index in [0.29, 0.717) is 0 Å². The van der Waals surface area contributed by atoms with Crippen LogP contribution in [0.1, 0.15) is 19.8 Å². The minimum atomic E-state index is -0.695. The number of unbranched alkanes of at least 4 members (excludes halogenated alkanes) is 1. The van der Waals surface area contributed by atoms with Crippen molar-refractivity contribution < 1.29 is 0 Å². The third-order valence-corrected chi connectivity index (χ3v) is 7.31. The SMILES string of the molecule is CCCCPC[Si](C)(C)C. The van der Waals surface area contributed by atoms with Gasteiger partial charge in [-0.1, -0.05) is 33.0 Å². The van der Waals surface area contributed by atoms with Crippen LogP contribution in [0.4, 0.5) is 0 Å². The third kappa shape index (κ3) is 8.65. The summed E-state index contributed by atoms with van der Waals surface area (Å²) in [5.74, 6) is 1.55. The Hall–Kier alpha value is 0.647. The predicted octanol–water partition coefficient (Wildman–Crippen LogP) is 3.34. The molecule has 0 nitrogen and oxygen atoms in total. The van der Waals surface area contributed by atoms with Crippen molar-refractivity contribution in [2.75, 3.05) is 11.9 Å². The first-order valence-electron chi connectivity index (χ1n) is 4.27. The van der Waals surface area contributed by atoms with Gasteiger partial charge in [0, 0.05) is 8.07 Å². The lowest BCUT2D eigenvalue weighted by atomic mass is 10.4. The van der Waals surface area contributed by atoms with Gasteiger partial charge in [-0.05, 0) is 18.4 Å². The predicted molar refractivity (Wildman–Crippen MR) is 56.3 cm³/mol. The second kappa shape index (κ2) is 5.32. The quantitative estimate of drug-likeness (QED) is 0.342. The molecule has 2 heteroatoms. The normalized spacial score (nSPS) is 13.2. The van der Waals surface area contributed by atoms with Gasteiger partial charge in [-0.2, -0.15) is 0 Å². The third-order valence-electron chi connectivity index (χ3n) is 1.36. The zero-order chi connectivity index (χ0) is 8.04. The summed E-state index contributed by atoms with van der Waals surface area (Å²) in [5.41, 5.74) is 0. The highest BCUT2D eigenvalue weighted by Crippen LogP contribution is 2.18. The lowest BCUT2D eigenvalue weighted by Crippen LogP contribution is -2.23. The Kier molecular flexibility index (Phi) is 5.66. The molecule has 0 bridgehead atoms. The van der Waals surface area contributed by atoms with Crippen LogP contribution < -0.4 is 0 Å². The summed E-state index contributed by atoms with van der Waals surface area (Å²) in [4.78, 5) is 0. The second-order valence-electron chi connectivity index (χ2n) is 4.09. The van der Waals surface area contributed by atoms with Gasteiger partial charge in [0.05, 0.1) is 0 Å². The molecular formula is C8H21PSi. The largest absolute Gasteiger partial charge is 0.125 e. The average Bonchev–Trinajstić information content (AvgIpc) is 1.78. The molecule has 0 fully saturated rings. The van der Waals surface area contributed by atoms with Crippen LogP contribution in [0.2, 0.25) is 19.6 Å². The summed E-state index contributed by atoms with van der Waals surface area (Å²) in [5, 5.41) is 0. The van der Waals surface area contributed by atoms with Crippen molar-refractivity contribution in [3.05, 3.63) is 0 Å². The van der Waals surface area contributed by atoms with Crippen LogP contribution in [-0.2, 0) is 0 Å². The number of rotatable bonds is 5.